The van der Waals surface area contributed by atoms with Crippen LogP contribution in [0.1, 0.15) is 39.5 Å². The van der Waals surface area contributed by atoms with Crippen molar-refractivity contribution >= 4 is 5.91 Å². The lowest BCUT2D eigenvalue weighted by Crippen LogP contribution is -2.46. The van der Waals surface area contributed by atoms with Gasteiger partial charge in [-0.25, -0.2) is 0 Å². The maximum Gasteiger partial charge on any atom is 0.236 e. The summed E-state index contributed by atoms with van der Waals surface area (Å²) >= 11 is 0. The summed E-state index contributed by atoms with van der Waals surface area (Å²) in [5.41, 5.74) is 0. The Balaban J connectivity index is 2.19. The first-order chi connectivity index (χ1) is 6.65. The van der Waals surface area contributed by atoms with E-state index in [0.717, 1.165) is 6.42 Å². The quantitative estimate of drug-likeness (QED) is 0.724. The summed E-state index contributed by atoms with van der Waals surface area (Å²) in [5.74, 6) is 0.231. The number of nitrogens with one attached hydrogen (secondary N) is 1. The number of hydrogen-bond donors (Lipinski definition) is 1. The normalized spacial score (nSPS) is 18.8. The molecule has 1 fully saturated rings. The van der Waals surface area contributed by atoms with Crippen molar-refractivity contribution in [2.45, 2.75) is 51.6 Å². The molecule has 1 aliphatic carbocycles. The minimum atomic E-state index is 0.231. The van der Waals surface area contributed by atoms with E-state index in [9.17, 15) is 4.79 Å². The Labute approximate surface area is 86.9 Å². The fraction of sp³-hybridized carbons (Fsp3) is 0.909. The van der Waals surface area contributed by atoms with E-state index >= 15 is 0 Å². The Hall–Kier alpha value is -0.570. The summed E-state index contributed by atoms with van der Waals surface area (Å²) < 4.78 is 0. The molecule has 1 atom stereocenters. The number of rotatable bonds is 5. The molecule has 1 saturated carbocycles. The number of carbonyl (C=O) groups is 1. The van der Waals surface area contributed by atoms with Crippen LogP contribution in [0, 0.1) is 0 Å². The van der Waals surface area contributed by atoms with Crippen molar-refractivity contribution in [2.75, 3.05) is 13.6 Å². The van der Waals surface area contributed by atoms with E-state index in [1.54, 1.807) is 0 Å². The average molecular weight is 198 g/mol. The molecule has 1 amide bonds. The van der Waals surface area contributed by atoms with Gasteiger partial charge in [-0.3, -0.25) is 4.79 Å². The molecule has 14 heavy (non-hydrogen) atoms. The molecule has 82 valence electrons. The Morgan fingerprint density at radius 1 is 1.57 bits per heavy atom. The molecule has 0 heterocycles. The molecule has 0 bridgehead atoms. The maximum absolute atomic E-state index is 11.7. The number of carbonyl (C=O) groups excluding carboxylic acids is 1. The molecule has 0 aliphatic heterocycles. The summed E-state index contributed by atoms with van der Waals surface area (Å²) in [4.78, 5) is 13.6. The van der Waals surface area contributed by atoms with E-state index < -0.39 is 0 Å². The predicted molar refractivity (Wildman–Crippen MR) is 58.2 cm³/mol. The third-order valence-corrected chi connectivity index (χ3v) is 3.23. The minimum absolute atomic E-state index is 0.231. The summed E-state index contributed by atoms with van der Waals surface area (Å²) in [5, 5.41) is 3.22. The van der Waals surface area contributed by atoms with Gasteiger partial charge in [0.1, 0.15) is 0 Å². The Morgan fingerprint density at radius 2 is 2.21 bits per heavy atom. The fourth-order valence-corrected chi connectivity index (χ4v) is 1.51. The highest BCUT2D eigenvalue weighted by Gasteiger charge is 2.25. The molecule has 1 rings (SSSR count). The zero-order valence-electron chi connectivity index (χ0n) is 9.55. The predicted octanol–water partition coefficient (Wildman–Crippen LogP) is 1.39. The van der Waals surface area contributed by atoms with Crippen LogP contribution in [0.15, 0.2) is 0 Å². The van der Waals surface area contributed by atoms with Gasteiger partial charge in [0.15, 0.2) is 0 Å². The minimum Gasteiger partial charge on any atom is -0.342 e. The van der Waals surface area contributed by atoms with Crippen LogP contribution in [-0.4, -0.2) is 36.5 Å². The second-order valence-corrected chi connectivity index (χ2v) is 4.28. The van der Waals surface area contributed by atoms with Crippen molar-refractivity contribution in [1.29, 1.82) is 0 Å². The first-order valence-electron chi connectivity index (χ1n) is 5.64. The van der Waals surface area contributed by atoms with Crippen molar-refractivity contribution in [3.8, 4) is 0 Å². The van der Waals surface area contributed by atoms with Crippen LogP contribution in [-0.2, 0) is 4.79 Å². The SMILES string of the molecule is CCC(C)NCC(=O)N(C)C1CCC1. The third-order valence-electron chi connectivity index (χ3n) is 3.23. The molecule has 1 unspecified atom stereocenters. The lowest BCUT2D eigenvalue weighted by Gasteiger charge is -2.35. The number of hydrogen-bond acceptors (Lipinski definition) is 2. The summed E-state index contributed by atoms with van der Waals surface area (Å²) in [6, 6.07) is 0.954. The van der Waals surface area contributed by atoms with Gasteiger partial charge in [-0.05, 0) is 32.6 Å². The zero-order valence-corrected chi connectivity index (χ0v) is 9.55. The van der Waals surface area contributed by atoms with E-state index in [-0.39, 0.29) is 5.91 Å². The number of likely N-dealkylation sites (N-methyl/N-ethyl adjacent to an activating group) is 1. The zero-order chi connectivity index (χ0) is 10.6. The van der Waals surface area contributed by atoms with E-state index in [4.69, 9.17) is 0 Å². The molecule has 0 aromatic heterocycles. The van der Waals surface area contributed by atoms with Crippen molar-refractivity contribution in [3.05, 3.63) is 0 Å². The lowest BCUT2D eigenvalue weighted by molar-refractivity contribution is -0.132. The molecule has 3 nitrogen and oxygen atoms in total. The van der Waals surface area contributed by atoms with Gasteiger partial charge in [0.2, 0.25) is 5.91 Å². The Bertz CT molecular complexity index is 190. The van der Waals surface area contributed by atoms with Crippen LogP contribution in [0.3, 0.4) is 0 Å². The third kappa shape index (κ3) is 2.98. The van der Waals surface area contributed by atoms with Crippen LogP contribution in [0.25, 0.3) is 0 Å². The molecule has 0 radical (unpaired) electrons. The highest BCUT2D eigenvalue weighted by atomic mass is 16.2. The van der Waals surface area contributed by atoms with Crippen molar-refractivity contribution < 1.29 is 4.79 Å². The highest BCUT2D eigenvalue weighted by Crippen LogP contribution is 2.23. The molecule has 1 N–H and O–H groups in total. The van der Waals surface area contributed by atoms with Crippen molar-refractivity contribution in [3.63, 3.8) is 0 Å². The second-order valence-electron chi connectivity index (χ2n) is 4.28. The van der Waals surface area contributed by atoms with Gasteiger partial charge < -0.3 is 10.2 Å². The standard InChI is InChI=1S/C11H22N2O/c1-4-9(2)12-8-11(14)13(3)10-6-5-7-10/h9-10,12H,4-8H2,1-3H3. The van der Waals surface area contributed by atoms with E-state index in [0.29, 0.717) is 18.6 Å². The summed E-state index contributed by atoms with van der Waals surface area (Å²) in [6.45, 7) is 4.72. The number of nitrogens with zero attached hydrogens (tertiary/aromatic N) is 1. The van der Waals surface area contributed by atoms with Crippen molar-refractivity contribution in [1.82, 2.24) is 10.2 Å². The Kier molecular flexibility index (Phi) is 4.39. The van der Waals surface area contributed by atoms with Crippen LogP contribution in [0.2, 0.25) is 0 Å². The average Bonchev–Trinajstić information content (AvgIpc) is 2.10. The fourth-order valence-electron chi connectivity index (χ4n) is 1.51. The van der Waals surface area contributed by atoms with Crippen LogP contribution in [0.4, 0.5) is 0 Å². The van der Waals surface area contributed by atoms with Gasteiger partial charge >= 0.3 is 0 Å². The largest absolute Gasteiger partial charge is 0.342 e. The first-order valence-corrected chi connectivity index (χ1v) is 5.64. The molecular formula is C11H22N2O. The molecule has 0 aromatic carbocycles. The van der Waals surface area contributed by atoms with E-state index in [1.807, 2.05) is 11.9 Å². The van der Waals surface area contributed by atoms with Gasteiger partial charge in [0, 0.05) is 19.1 Å². The smallest absolute Gasteiger partial charge is 0.236 e. The van der Waals surface area contributed by atoms with Gasteiger partial charge in [-0.15, -0.1) is 0 Å². The van der Waals surface area contributed by atoms with Crippen LogP contribution >= 0.6 is 0 Å². The monoisotopic (exact) mass is 198 g/mol. The molecule has 0 saturated heterocycles. The first kappa shape index (κ1) is 11.5. The topological polar surface area (TPSA) is 32.3 Å². The van der Waals surface area contributed by atoms with Gasteiger partial charge in [0.25, 0.3) is 0 Å². The van der Waals surface area contributed by atoms with E-state index in [1.165, 1.54) is 19.3 Å². The molecule has 0 aromatic rings. The summed E-state index contributed by atoms with van der Waals surface area (Å²) in [7, 11) is 1.92. The molecule has 0 spiro atoms. The van der Waals surface area contributed by atoms with Gasteiger partial charge in [-0.2, -0.15) is 0 Å². The second kappa shape index (κ2) is 5.35. The van der Waals surface area contributed by atoms with Gasteiger partial charge in [-0.1, -0.05) is 6.92 Å². The number of amides is 1. The summed E-state index contributed by atoms with van der Waals surface area (Å²) in [6.07, 6.45) is 4.72. The van der Waals surface area contributed by atoms with Crippen molar-refractivity contribution in [2.24, 2.45) is 0 Å². The maximum atomic E-state index is 11.7. The molecule has 1 aliphatic rings. The lowest BCUT2D eigenvalue weighted by atomic mass is 9.92. The van der Waals surface area contributed by atoms with E-state index in [2.05, 4.69) is 19.2 Å². The van der Waals surface area contributed by atoms with Crippen LogP contribution in [0.5, 0.6) is 0 Å². The highest BCUT2D eigenvalue weighted by molar-refractivity contribution is 5.78. The molecule has 3 heteroatoms. The molecular weight excluding hydrogens is 176 g/mol. The Morgan fingerprint density at radius 3 is 2.64 bits per heavy atom. The van der Waals surface area contributed by atoms with Crippen LogP contribution < -0.4 is 5.32 Å². The van der Waals surface area contributed by atoms with Gasteiger partial charge in [0.05, 0.1) is 6.54 Å².